The fraction of sp³-hybridized carbons (Fsp3) is 0.286. The van der Waals surface area contributed by atoms with Crippen molar-refractivity contribution in [3.63, 3.8) is 0 Å². The molecule has 0 bridgehead atoms. The van der Waals surface area contributed by atoms with Crippen LogP contribution in [0.4, 0.5) is 0 Å². The van der Waals surface area contributed by atoms with Crippen LogP contribution in [0.15, 0.2) is 78.9 Å². The predicted molar refractivity (Wildman–Crippen MR) is 129 cm³/mol. The van der Waals surface area contributed by atoms with E-state index in [2.05, 4.69) is 0 Å². The van der Waals surface area contributed by atoms with Gasteiger partial charge in [0.15, 0.2) is 0 Å². The summed E-state index contributed by atoms with van der Waals surface area (Å²) in [5.74, 6) is -2.72. The molecule has 176 valence electrons. The average molecular weight is 460 g/mol. The van der Waals surface area contributed by atoms with E-state index in [0.717, 1.165) is 11.1 Å². The van der Waals surface area contributed by atoms with Crippen LogP contribution in [0.3, 0.4) is 0 Å². The Kier molecular flexibility index (Phi) is 6.87. The van der Waals surface area contributed by atoms with Crippen molar-refractivity contribution in [3.05, 3.63) is 95.6 Å². The molecule has 3 aromatic rings. The van der Waals surface area contributed by atoms with Crippen molar-refractivity contribution in [2.45, 2.75) is 32.5 Å². The SMILES string of the molecule is Cc1ccccc1OC(Oc1ccccc1C)(C(=O)O)C1CCN(C(=O)c2ccccc2)CC1. The van der Waals surface area contributed by atoms with E-state index >= 15 is 0 Å². The number of ether oxygens (including phenoxy) is 2. The van der Waals surface area contributed by atoms with Crippen molar-refractivity contribution in [2.75, 3.05) is 13.1 Å². The second kappa shape index (κ2) is 10.00. The van der Waals surface area contributed by atoms with Crippen molar-refractivity contribution in [3.8, 4) is 11.5 Å². The highest BCUT2D eigenvalue weighted by atomic mass is 16.7. The first-order chi connectivity index (χ1) is 16.4. The number of carboxylic acid groups (broad SMARTS) is 1. The lowest BCUT2D eigenvalue weighted by atomic mass is 9.87. The second-order valence-corrected chi connectivity index (χ2v) is 8.64. The van der Waals surface area contributed by atoms with Crippen molar-refractivity contribution < 1.29 is 24.2 Å². The third kappa shape index (κ3) is 4.76. The van der Waals surface area contributed by atoms with E-state index < -0.39 is 17.7 Å². The maximum Gasteiger partial charge on any atom is 0.390 e. The summed E-state index contributed by atoms with van der Waals surface area (Å²) < 4.78 is 12.5. The largest absolute Gasteiger partial charge is 0.475 e. The molecular formula is C28H29NO5. The van der Waals surface area contributed by atoms with E-state index in [4.69, 9.17) is 9.47 Å². The van der Waals surface area contributed by atoms with Crippen LogP contribution in [0, 0.1) is 19.8 Å². The lowest BCUT2D eigenvalue weighted by Gasteiger charge is -2.41. The van der Waals surface area contributed by atoms with Gasteiger partial charge in [-0.2, -0.15) is 0 Å². The molecule has 0 radical (unpaired) electrons. The number of piperidine rings is 1. The number of carbonyl (C=O) groups is 2. The summed E-state index contributed by atoms with van der Waals surface area (Å²) in [7, 11) is 0. The monoisotopic (exact) mass is 459 g/mol. The Bertz CT molecular complexity index is 1100. The standard InChI is InChI=1S/C28H29NO5/c1-20-10-6-8-14-24(20)33-28(27(31)32,34-25-15-9-7-11-21(25)2)23-16-18-29(19-17-23)26(30)22-12-4-3-5-13-22/h3-15,23H,16-19H2,1-2H3,(H,31,32). The fourth-order valence-corrected chi connectivity index (χ4v) is 4.34. The maximum atomic E-state index is 12.9. The van der Waals surface area contributed by atoms with Gasteiger partial charge in [0.2, 0.25) is 0 Å². The summed E-state index contributed by atoms with van der Waals surface area (Å²) in [4.78, 5) is 27.5. The van der Waals surface area contributed by atoms with Crippen molar-refractivity contribution >= 4 is 11.9 Å². The van der Waals surface area contributed by atoms with E-state index in [1.54, 1.807) is 29.2 Å². The molecule has 3 aromatic carbocycles. The molecule has 0 saturated carbocycles. The zero-order valence-electron chi connectivity index (χ0n) is 19.4. The molecule has 1 aliphatic heterocycles. The first-order valence-corrected chi connectivity index (χ1v) is 11.5. The third-order valence-electron chi connectivity index (χ3n) is 6.35. The van der Waals surface area contributed by atoms with Crippen LogP contribution in [0.2, 0.25) is 0 Å². The smallest absolute Gasteiger partial charge is 0.390 e. The molecule has 1 fully saturated rings. The van der Waals surface area contributed by atoms with Crippen LogP contribution in [0.25, 0.3) is 0 Å². The highest BCUT2D eigenvalue weighted by Crippen LogP contribution is 2.37. The van der Waals surface area contributed by atoms with Gasteiger partial charge in [-0.3, -0.25) is 4.79 Å². The lowest BCUT2D eigenvalue weighted by molar-refractivity contribution is -0.204. The number of carboxylic acids is 1. The van der Waals surface area contributed by atoms with Gasteiger partial charge < -0.3 is 19.5 Å². The van der Waals surface area contributed by atoms with Crippen LogP contribution < -0.4 is 9.47 Å². The number of para-hydroxylation sites is 2. The number of rotatable bonds is 7. The van der Waals surface area contributed by atoms with Gasteiger partial charge in [-0.05, 0) is 62.1 Å². The van der Waals surface area contributed by atoms with Crippen LogP contribution in [-0.4, -0.2) is 40.8 Å². The number of hydrogen-bond donors (Lipinski definition) is 1. The van der Waals surface area contributed by atoms with Crippen LogP contribution in [-0.2, 0) is 4.79 Å². The Morgan fingerprint density at radius 2 is 1.26 bits per heavy atom. The molecule has 0 aliphatic carbocycles. The molecule has 34 heavy (non-hydrogen) atoms. The summed E-state index contributed by atoms with van der Waals surface area (Å²) in [6.45, 7) is 4.58. The van der Waals surface area contributed by atoms with Gasteiger partial charge in [-0.1, -0.05) is 54.6 Å². The van der Waals surface area contributed by atoms with Crippen molar-refractivity contribution in [1.29, 1.82) is 0 Å². The molecule has 1 amide bonds. The molecule has 4 rings (SSSR count). The topological polar surface area (TPSA) is 76.1 Å². The number of nitrogens with zero attached hydrogens (tertiary/aromatic N) is 1. The quantitative estimate of drug-likeness (QED) is 0.498. The van der Waals surface area contributed by atoms with Gasteiger partial charge in [0.1, 0.15) is 11.5 Å². The normalized spacial score (nSPS) is 14.5. The first kappa shape index (κ1) is 23.4. The highest BCUT2D eigenvalue weighted by Gasteiger charge is 2.53. The Hall–Kier alpha value is -3.80. The van der Waals surface area contributed by atoms with Crippen molar-refractivity contribution in [1.82, 2.24) is 4.90 Å². The minimum Gasteiger partial charge on any atom is -0.475 e. The number of likely N-dealkylation sites (tertiary alicyclic amines) is 1. The molecule has 1 N–H and O–H groups in total. The average Bonchev–Trinajstić information content (AvgIpc) is 2.86. The van der Waals surface area contributed by atoms with E-state index in [-0.39, 0.29) is 5.91 Å². The van der Waals surface area contributed by atoms with Gasteiger partial charge in [-0.15, -0.1) is 0 Å². The fourth-order valence-electron chi connectivity index (χ4n) is 4.34. The summed E-state index contributed by atoms with van der Waals surface area (Å²) in [6.07, 6.45) is 0.866. The van der Waals surface area contributed by atoms with Crippen LogP contribution in [0.1, 0.15) is 34.3 Å². The second-order valence-electron chi connectivity index (χ2n) is 8.64. The molecule has 0 unspecified atom stereocenters. The predicted octanol–water partition coefficient (Wildman–Crippen LogP) is 5.09. The van der Waals surface area contributed by atoms with E-state index in [0.29, 0.717) is 43.0 Å². The molecule has 1 aliphatic rings. The minimum absolute atomic E-state index is 0.0559. The number of amides is 1. The summed E-state index contributed by atoms with van der Waals surface area (Å²) in [5.41, 5.74) is 2.26. The van der Waals surface area contributed by atoms with E-state index in [1.165, 1.54) is 0 Å². The Morgan fingerprint density at radius 3 is 1.74 bits per heavy atom. The number of aryl methyl sites for hydroxylation is 2. The number of carbonyl (C=O) groups excluding carboxylic acids is 1. The molecule has 0 spiro atoms. The first-order valence-electron chi connectivity index (χ1n) is 11.5. The van der Waals surface area contributed by atoms with E-state index in [1.807, 2.05) is 68.4 Å². The van der Waals surface area contributed by atoms with Gasteiger partial charge in [0, 0.05) is 18.7 Å². The van der Waals surface area contributed by atoms with E-state index in [9.17, 15) is 14.7 Å². The molecule has 1 heterocycles. The number of aliphatic carboxylic acids is 1. The summed E-state index contributed by atoms with van der Waals surface area (Å²) >= 11 is 0. The third-order valence-corrected chi connectivity index (χ3v) is 6.35. The summed E-state index contributed by atoms with van der Waals surface area (Å²) in [6, 6.07) is 23.7. The summed E-state index contributed by atoms with van der Waals surface area (Å²) in [5, 5.41) is 10.5. The van der Waals surface area contributed by atoms with Crippen molar-refractivity contribution in [2.24, 2.45) is 5.92 Å². The Labute approximate surface area is 199 Å². The number of benzene rings is 3. The zero-order chi connectivity index (χ0) is 24.1. The highest BCUT2D eigenvalue weighted by molar-refractivity contribution is 5.94. The van der Waals surface area contributed by atoms with Gasteiger partial charge in [0.05, 0.1) is 5.92 Å². The van der Waals surface area contributed by atoms with Crippen LogP contribution >= 0.6 is 0 Å². The maximum absolute atomic E-state index is 12.9. The molecule has 0 atom stereocenters. The molecule has 6 nitrogen and oxygen atoms in total. The minimum atomic E-state index is -1.93. The Balaban J connectivity index is 1.64. The molecule has 0 aromatic heterocycles. The molecular weight excluding hydrogens is 430 g/mol. The van der Waals surface area contributed by atoms with Gasteiger partial charge in [-0.25, -0.2) is 4.79 Å². The lowest BCUT2D eigenvalue weighted by Crippen LogP contribution is -2.59. The zero-order valence-corrected chi connectivity index (χ0v) is 19.4. The molecule has 6 heteroatoms. The number of hydrogen-bond acceptors (Lipinski definition) is 4. The van der Waals surface area contributed by atoms with Gasteiger partial charge in [0.25, 0.3) is 5.91 Å². The Morgan fingerprint density at radius 1 is 0.794 bits per heavy atom. The molecule has 1 saturated heterocycles. The van der Waals surface area contributed by atoms with Gasteiger partial charge >= 0.3 is 11.8 Å². The van der Waals surface area contributed by atoms with Crippen LogP contribution in [0.5, 0.6) is 11.5 Å².